The summed E-state index contributed by atoms with van der Waals surface area (Å²) in [6.45, 7) is -11.9. The molecule has 7 aliphatic rings. The van der Waals surface area contributed by atoms with E-state index in [4.69, 9.17) is 116 Å². The van der Waals surface area contributed by atoms with Gasteiger partial charge in [-0.2, -0.15) is 0 Å². The number of benzene rings is 7. The van der Waals surface area contributed by atoms with Crippen molar-refractivity contribution in [2.45, 2.75) is 195 Å². The van der Waals surface area contributed by atoms with Crippen LogP contribution in [0.4, 0.5) is 0 Å². The fourth-order valence-corrected chi connectivity index (χ4v) is 9.48. The molecule has 7 N–H and O–H groups in total. The molecule has 0 aromatic heterocycles. The van der Waals surface area contributed by atoms with Gasteiger partial charge in [0.1, 0.15) is 11.0 Å². The first-order valence-corrected chi connectivity index (χ1v) is 36.9. The van der Waals surface area contributed by atoms with E-state index in [2.05, 4.69) is 0 Å². The van der Waals surface area contributed by atoms with Gasteiger partial charge in [0.25, 0.3) is 0 Å². The first-order valence-electron chi connectivity index (χ1n) is 54.9. The van der Waals surface area contributed by atoms with E-state index in [1.807, 2.05) is 59.7 Å². The predicted octanol–water partition coefficient (Wildman–Crippen LogP) is 20.5. The maximum Gasteiger partial charge on any atom is 0.231 e. The van der Waals surface area contributed by atoms with Crippen LogP contribution in [0, 0.1) is 37.9 Å². The zero-order chi connectivity index (χ0) is 118. The average Bonchev–Trinajstić information content (AvgIpc) is 1.38. The maximum absolute atomic E-state index is 10.4. The third kappa shape index (κ3) is 30.7. The van der Waals surface area contributed by atoms with Gasteiger partial charge in [-0.1, -0.05) is 280 Å². The quantitative estimate of drug-likeness (QED) is 0.0533. The molecule has 0 spiro atoms. The fraction of sp³-hybridized carbons (Fsp3) is 0.434. The highest BCUT2D eigenvalue weighted by Crippen LogP contribution is 2.40. The number of rotatable bonds is 14. The highest BCUT2D eigenvalue weighted by atomic mass is 16.7. The van der Waals surface area contributed by atoms with E-state index in [1.165, 1.54) is 78.9 Å². The van der Waals surface area contributed by atoms with Crippen LogP contribution in [0.25, 0.3) is 42.5 Å². The smallest absolute Gasteiger partial charge is 0.231 e. The molecule has 120 heavy (non-hydrogen) atoms. The van der Waals surface area contributed by atoms with Gasteiger partial charge in [0.05, 0.1) is 48.1 Å². The van der Waals surface area contributed by atoms with Gasteiger partial charge in [-0.25, -0.2) is 0 Å². The fourth-order valence-electron chi connectivity index (χ4n) is 9.48. The SMILES string of the molecule is C.[2H]C(O)(/C=C/c1ccc2c(c1)OCO2)C(C)(C)C.[2H]C([2H])([2H])C(C)(C(O)/C=C/c1ccc2c(c1)OCO2)C([2H])([2H])[2H].[2H]C([2H])([2H])C(C)(C([2H])([2H])[2H])C([2H])(O)/C=C/c1ccc2c(c1)OCO2.[2H]C1([2H])Oc2ccc(/C=C/C(O)C(C)(C([2H])([2H])[2H])C([2H])([2H])[2H])cc2O1.[2H]C1([2H])Oc2ccc(/C=C/C(O)C(C)(C)C)cc2O1.[2H]C1([2H])Oc2ccc(/C=C/C([2H])(O)C(C)(C([2H])([2H])[2H])C([2H])([2H])[2H])cc2O1.[2H]C1([2H])Oc2ccc(/C=C/C([2H])(O)C(C)(C)C)cc2O1. The van der Waals surface area contributed by atoms with Crippen LogP contribution in [0.3, 0.4) is 0 Å². The zero-order valence-electron chi connectivity index (χ0n) is 104. The van der Waals surface area contributed by atoms with Gasteiger partial charge in [0.15, 0.2) is 80.5 Å². The van der Waals surface area contributed by atoms with Crippen LogP contribution >= 0.6 is 0 Å². The second kappa shape index (κ2) is 42.7. The van der Waals surface area contributed by atoms with Gasteiger partial charge in [-0.05, 0) is 162 Å². The lowest BCUT2D eigenvalue weighted by molar-refractivity contribution is 0.106. The molecular formula is C99H130O21. The summed E-state index contributed by atoms with van der Waals surface area (Å²) in [7, 11) is 0. The van der Waals surface area contributed by atoms with E-state index in [0.29, 0.717) is 79.6 Å². The van der Waals surface area contributed by atoms with E-state index in [9.17, 15) is 35.7 Å². The maximum atomic E-state index is 10.4. The van der Waals surface area contributed by atoms with Crippen molar-refractivity contribution in [1.82, 2.24) is 0 Å². The summed E-state index contributed by atoms with van der Waals surface area (Å²) in [5.74, 6) is 5.57. The Morgan fingerprint density at radius 1 is 0.242 bits per heavy atom. The molecule has 0 aliphatic carbocycles. The van der Waals surface area contributed by atoms with Crippen molar-refractivity contribution in [1.29, 1.82) is 0 Å². The predicted molar refractivity (Wildman–Crippen MR) is 476 cm³/mol. The van der Waals surface area contributed by atoms with Crippen molar-refractivity contribution >= 4 is 42.5 Å². The van der Waals surface area contributed by atoms with Crippen molar-refractivity contribution in [3.8, 4) is 80.5 Å². The topological polar surface area (TPSA) is 271 Å². The molecule has 14 rings (SSSR count). The highest BCUT2D eigenvalue weighted by Gasteiger charge is 2.27. The molecule has 7 unspecified atom stereocenters. The molecule has 21 nitrogen and oxygen atoms in total. The number of ether oxygens (including phenoxy) is 14. The normalized spacial score (nSPS) is 24.3. The van der Waals surface area contributed by atoms with E-state index in [-0.39, 0.29) is 56.2 Å². The van der Waals surface area contributed by atoms with Crippen molar-refractivity contribution in [2.75, 3.05) is 47.4 Å². The number of hydrogen-bond donors (Lipinski definition) is 7. The summed E-state index contributed by atoms with van der Waals surface area (Å²) in [5, 5.41) is 71.2. The Bertz CT molecular complexity index is 6210. The van der Waals surface area contributed by atoms with Gasteiger partial charge in [-0.15, -0.1) is 0 Å². The van der Waals surface area contributed by atoms with Crippen molar-refractivity contribution < 1.29 is 151 Å². The minimum atomic E-state index is -3.13. The van der Waals surface area contributed by atoms with Gasteiger partial charge < -0.3 is 102 Å². The lowest BCUT2D eigenvalue weighted by Crippen LogP contribution is -2.23. The molecule has 0 saturated heterocycles. The Kier molecular flexibility index (Phi) is 20.0. The molecule has 0 fully saturated rings. The molecule has 7 heterocycles. The molecule has 21 heteroatoms. The first kappa shape index (κ1) is 56.3. The lowest BCUT2D eigenvalue weighted by atomic mass is 9.89. The first-order chi connectivity index (χ1) is 69.9. The summed E-state index contributed by atoms with van der Waals surface area (Å²) in [6, 6.07) is 34.0. The lowest BCUT2D eigenvalue weighted by Gasteiger charge is -2.22. The average molecular weight is 1690 g/mol. The third-order valence-corrected chi connectivity index (χ3v) is 17.1. The summed E-state index contributed by atoms with van der Waals surface area (Å²) >= 11 is 0. The van der Waals surface area contributed by atoms with Crippen LogP contribution in [-0.2, 0) is 0 Å². The Labute approximate surface area is 761 Å². The van der Waals surface area contributed by atoms with E-state index < -0.39 is 157 Å². The summed E-state index contributed by atoms with van der Waals surface area (Å²) < 4.78 is 342. The zero-order valence-corrected chi connectivity index (χ0v) is 67.9. The molecule has 0 amide bonds. The molecule has 652 valence electrons. The number of aliphatic hydroxyl groups is 7. The Morgan fingerprint density at radius 3 is 0.608 bits per heavy atom. The van der Waals surface area contributed by atoms with Gasteiger partial charge in [0.2, 0.25) is 47.4 Å². The Balaban J connectivity index is 0.000000246. The Hall–Kier alpha value is -10.4. The second-order valence-corrected chi connectivity index (χ2v) is 31.1. The molecule has 7 aromatic rings. The number of hydrogen-bond acceptors (Lipinski definition) is 21. The summed E-state index contributed by atoms with van der Waals surface area (Å²) in [4.78, 5) is 0. The molecule has 0 saturated carbocycles. The molecular weight excluding hydrogens is 1530 g/mol. The molecule has 0 bridgehead atoms. The van der Waals surface area contributed by atoms with Crippen LogP contribution in [-0.4, -0.2) is 126 Å². The molecule has 7 atom stereocenters. The highest BCUT2D eigenvalue weighted by molar-refractivity contribution is 5.63. The van der Waals surface area contributed by atoms with Gasteiger partial charge >= 0.3 is 0 Å². The van der Waals surface area contributed by atoms with Crippen molar-refractivity contribution in [2.24, 2.45) is 37.9 Å². The second-order valence-electron chi connectivity index (χ2n) is 31.1. The third-order valence-electron chi connectivity index (χ3n) is 17.1. The van der Waals surface area contributed by atoms with Crippen molar-refractivity contribution in [3.63, 3.8) is 0 Å². The monoisotopic (exact) mass is 1690 g/mol. The van der Waals surface area contributed by atoms with Gasteiger partial charge in [-0.3, -0.25) is 0 Å². The standard InChI is InChI=1S/7C14H18O3.CH4/c7*1-14(2,3)13(15)7-5-10-4-6-11-12(8-10)17-9-16-11;/h7*4-8,13,15H,9H2,1-3H3;1H4/b7*7-5+;/i1D3,2D3,9D2,13D;1D3,2D3,13D;1D3,2D3,9D2;9D2,13D;1D3,2D3;13D;9D2;. The molecule has 7 aromatic carbocycles. The van der Waals surface area contributed by atoms with Crippen LogP contribution in [0.15, 0.2) is 170 Å². The van der Waals surface area contributed by atoms with E-state index in [0.717, 1.165) is 62.8 Å². The molecule has 0 radical (unpaired) electrons. The number of fused-ring (bicyclic) bond motifs is 7. The van der Waals surface area contributed by atoms with Crippen LogP contribution < -0.4 is 66.3 Å². The largest absolute Gasteiger partial charge is 0.454 e. The van der Waals surface area contributed by atoms with E-state index in [1.54, 1.807) is 118 Å². The Morgan fingerprint density at radius 2 is 0.408 bits per heavy atom. The van der Waals surface area contributed by atoms with E-state index >= 15 is 0 Å². The summed E-state index contributed by atoms with van der Waals surface area (Å²) in [6.07, 6.45) is 5.81. The minimum absolute atomic E-state index is 0. The molecule has 7 aliphatic heterocycles. The van der Waals surface area contributed by atoms with Crippen LogP contribution in [0.1, 0.15) is 241 Å². The number of aliphatic hydroxyl groups excluding tert-OH is 3. The minimum Gasteiger partial charge on any atom is -0.454 e. The summed E-state index contributed by atoms with van der Waals surface area (Å²) in [5.41, 5.74) is -7.09. The van der Waals surface area contributed by atoms with Crippen LogP contribution in [0.2, 0.25) is 0 Å². The van der Waals surface area contributed by atoms with Crippen LogP contribution in [0.5, 0.6) is 80.5 Å². The van der Waals surface area contributed by atoms with Crippen molar-refractivity contribution in [3.05, 3.63) is 209 Å². The van der Waals surface area contributed by atoms with Gasteiger partial charge in [0, 0.05) is 32.9 Å².